The monoisotopic (exact) mass is 470 g/mol. The number of hydrogen-bond donors (Lipinski definition) is 2. The molecular weight excluding hydrogens is 436 g/mol. The van der Waals surface area contributed by atoms with E-state index in [2.05, 4.69) is 55.5 Å². The van der Waals surface area contributed by atoms with Crippen molar-refractivity contribution in [2.75, 3.05) is 14.2 Å². The molecule has 35 heavy (non-hydrogen) atoms. The zero-order chi connectivity index (χ0) is 25.0. The van der Waals surface area contributed by atoms with Gasteiger partial charge >= 0.3 is 0 Å². The smallest absolute Gasteiger partial charge is 0.161 e. The highest BCUT2D eigenvalue weighted by Gasteiger charge is 2.04. The third-order valence-electron chi connectivity index (χ3n) is 5.85. The molecule has 4 heteroatoms. The molecule has 0 aliphatic carbocycles. The van der Waals surface area contributed by atoms with Gasteiger partial charge < -0.3 is 19.7 Å². The summed E-state index contributed by atoms with van der Waals surface area (Å²) in [4.78, 5) is 0. The molecule has 0 heterocycles. The molecule has 0 amide bonds. The number of phenolic OH excluding ortho intramolecular Hbond substituents is 2. The minimum atomic E-state index is 0.135. The Kier molecular flexibility index (Phi) is 9.61. The number of hydrogen-bond acceptors (Lipinski definition) is 4. The number of allylic oxidation sites excluding steroid dienone is 3. The van der Waals surface area contributed by atoms with Gasteiger partial charge in [0.25, 0.3) is 0 Å². The number of benzene rings is 3. The van der Waals surface area contributed by atoms with Gasteiger partial charge in [-0.2, -0.15) is 0 Å². The van der Waals surface area contributed by atoms with E-state index in [1.807, 2.05) is 36.4 Å². The highest BCUT2D eigenvalue weighted by molar-refractivity contribution is 5.57. The molecule has 3 aromatic rings. The van der Waals surface area contributed by atoms with Crippen LogP contribution in [0.5, 0.6) is 23.0 Å². The minimum Gasteiger partial charge on any atom is -0.504 e. The summed E-state index contributed by atoms with van der Waals surface area (Å²) in [5.74, 6) is 1.50. The van der Waals surface area contributed by atoms with E-state index in [9.17, 15) is 10.2 Å². The molecule has 0 fully saturated rings. The van der Waals surface area contributed by atoms with Gasteiger partial charge in [0.05, 0.1) is 14.2 Å². The second-order valence-electron chi connectivity index (χ2n) is 8.35. The van der Waals surface area contributed by atoms with Crippen LogP contribution in [0.1, 0.15) is 42.0 Å². The molecule has 0 saturated heterocycles. The van der Waals surface area contributed by atoms with Crippen LogP contribution in [-0.2, 0) is 6.42 Å². The van der Waals surface area contributed by atoms with Gasteiger partial charge in [-0.3, -0.25) is 0 Å². The van der Waals surface area contributed by atoms with Gasteiger partial charge in [0, 0.05) is 0 Å². The van der Waals surface area contributed by atoms with Crippen molar-refractivity contribution >= 4 is 18.2 Å². The Morgan fingerprint density at radius 1 is 0.686 bits per heavy atom. The first-order chi connectivity index (χ1) is 17.0. The van der Waals surface area contributed by atoms with Crippen molar-refractivity contribution in [3.63, 3.8) is 0 Å². The maximum absolute atomic E-state index is 9.81. The number of rotatable bonds is 11. The van der Waals surface area contributed by atoms with Crippen molar-refractivity contribution in [1.82, 2.24) is 0 Å². The molecule has 4 nitrogen and oxygen atoms in total. The van der Waals surface area contributed by atoms with E-state index in [0.29, 0.717) is 17.4 Å². The molecule has 3 rings (SSSR count). The van der Waals surface area contributed by atoms with Crippen LogP contribution < -0.4 is 9.47 Å². The van der Waals surface area contributed by atoms with E-state index < -0.39 is 0 Å². The highest BCUT2D eigenvalue weighted by Crippen LogP contribution is 2.28. The van der Waals surface area contributed by atoms with Gasteiger partial charge in [-0.15, -0.1) is 0 Å². The van der Waals surface area contributed by atoms with Crippen molar-refractivity contribution in [2.24, 2.45) is 5.92 Å². The summed E-state index contributed by atoms with van der Waals surface area (Å²) < 4.78 is 10.4. The molecular formula is C31H34O4. The Hall–Kier alpha value is -3.92. The fourth-order valence-corrected chi connectivity index (χ4v) is 3.72. The Bertz CT molecular complexity index is 1110. The molecule has 0 aliphatic rings. The molecule has 0 unspecified atom stereocenters. The third kappa shape index (κ3) is 7.82. The summed E-state index contributed by atoms with van der Waals surface area (Å²) >= 11 is 0. The lowest BCUT2D eigenvalue weighted by atomic mass is 9.97. The van der Waals surface area contributed by atoms with Gasteiger partial charge in [-0.25, -0.2) is 0 Å². The fourth-order valence-electron chi connectivity index (χ4n) is 3.72. The number of ether oxygens (including phenoxy) is 2. The summed E-state index contributed by atoms with van der Waals surface area (Å²) in [5.41, 5.74) is 4.47. The first-order valence-electron chi connectivity index (χ1n) is 11.9. The molecule has 0 radical (unpaired) electrons. The lowest BCUT2D eigenvalue weighted by Gasteiger charge is -2.09. The van der Waals surface area contributed by atoms with Gasteiger partial charge in [-0.05, 0) is 71.7 Å². The average molecular weight is 471 g/mol. The zero-order valence-corrected chi connectivity index (χ0v) is 20.6. The first-order valence-corrected chi connectivity index (χ1v) is 11.9. The van der Waals surface area contributed by atoms with Crippen LogP contribution in [0.15, 0.2) is 78.9 Å². The Morgan fingerprint density at radius 2 is 1.17 bits per heavy atom. The van der Waals surface area contributed by atoms with E-state index >= 15 is 0 Å². The summed E-state index contributed by atoms with van der Waals surface area (Å²) in [5, 5.41) is 19.6. The first kappa shape index (κ1) is 25.7. The largest absolute Gasteiger partial charge is 0.504 e. The van der Waals surface area contributed by atoms with E-state index in [1.54, 1.807) is 26.4 Å². The fraction of sp³-hybridized carbons (Fsp3) is 0.226. The van der Waals surface area contributed by atoms with Crippen LogP contribution >= 0.6 is 0 Å². The standard InChI is InChI=1S/C31H34O4/c1-4-23-11-13-25(14-12-23)16-15-24(7-5-9-26-17-19-28(32)30(21-26)34-2)8-6-10-27-18-20-29(33)31(22-27)35-3/h5-6,9-22,24,32-33H,4,7-8H2,1-3H3/b9-5+,10-6+,16-15?. The third-order valence-corrected chi connectivity index (χ3v) is 5.85. The van der Waals surface area contributed by atoms with Gasteiger partial charge in [0.15, 0.2) is 23.0 Å². The topological polar surface area (TPSA) is 58.9 Å². The SMILES string of the molecule is CCc1ccc(C=CC(C/C=C/c2ccc(O)c(OC)c2)C/C=C/c2ccc(O)c(OC)c2)cc1. The second-order valence-corrected chi connectivity index (χ2v) is 8.35. The normalized spacial score (nSPS) is 11.8. The highest BCUT2D eigenvalue weighted by atomic mass is 16.5. The maximum Gasteiger partial charge on any atom is 0.161 e. The van der Waals surface area contributed by atoms with Crippen LogP contribution in [0, 0.1) is 5.92 Å². The average Bonchev–Trinajstić information content (AvgIpc) is 2.89. The van der Waals surface area contributed by atoms with Crippen molar-refractivity contribution in [3.8, 4) is 23.0 Å². The van der Waals surface area contributed by atoms with Gasteiger partial charge in [0.2, 0.25) is 0 Å². The van der Waals surface area contributed by atoms with Crippen molar-refractivity contribution in [2.45, 2.75) is 26.2 Å². The van der Waals surface area contributed by atoms with E-state index in [1.165, 1.54) is 11.1 Å². The molecule has 2 N–H and O–H groups in total. The Balaban J connectivity index is 1.73. The van der Waals surface area contributed by atoms with Gasteiger partial charge in [-0.1, -0.05) is 79.8 Å². The predicted molar refractivity (Wildman–Crippen MR) is 145 cm³/mol. The lowest BCUT2D eigenvalue weighted by molar-refractivity contribution is 0.373. The maximum atomic E-state index is 9.81. The molecule has 0 saturated carbocycles. The summed E-state index contributed by atoms with van der Waals surface area (Å²) in [6.07, 6.45) is 15.6. The van der Waals surface area contributed by atoms with E-state index in [4.69, 9.17) is 9.47 Å². The van der Waals surface area contributed by atoms with Crippen LogP contribution in [0.2, 0.25) is 0 Å². The molecule has 0 spiro atoms. The second kappa shape index (κ2) is 13.1. The van der Waals surface area contributed by atoms with Crippen LogP contribution in [0.3, 0.4) is 0 Å². The lowest BCUT2D eigenvalue weighted by Crippen LogP contribution is -1.93. The molecule has 0 aromatic heterocycles. The quantitative estimate of drug-likeness (QED) is 0.304. The van der Waals surface area contributed by atoms with Crippen LogP contribution in [0.4, 0.5) is 0 Å². The van der Waals surface area contributed by atoms with Crippen molar-refractivity contribution in [1.29, 1.82) is 0 Å². The summed E-state index contributed by atoms with van der Waals surface area (Å²) in [6.45, 7) is 2.16. The van der Waals surface area contributed by atoms with Crippen molar-refractivity contribution < 1.29 is 19.7 Å². The molecule has 182 valence electrons. The molecule has 0 aliphatic heterocycles. The zero-order valence-electron chi connectivity index (χ0n) is 20.6. The molecule has 0 bridgehead atoms. The van der Waals surface area contributed by atoms with E-state index in [0.717, 1.165) is 30.4 Å². The molecule has 3 aromatic carbocycles. The van der Waals surface area contributed by atoms with Crippen LogP contribution in [0.25, 0.3) is 18.2 Å². The van der Waals surface area contributed by atoms with Gasteiger partial charge in [0.1, 0.15) is 0 Å². The van der Waals surface area contributed by atoms with Crippen LogP contribution in [-0.4, -0.2) is 24.4 Å². The Labute approximate surface area is 208 Å². The Morgan fingerprint density at radius 3 is 1.63 bits per heavy atom. The number of methoxy groups -OCH3 is 2. The van der Waals surface area contributed by atoms with E-state index in [-0.39, 0.29) is 11.5 Å². The number of phenols is 2. The predicted octanol–water partition coefficient (Wildman–Crippen LogP) is 7.51. The minimum absolute atomic E-state index is 0.135. The molecule has 0 atom stereocenters. The van der Waals surface area contributed by atoms with Crippen molar-refractivity contribution in [3.05, 3.63) is 101 Å². The summed E-state index contributed by atoms with van der Waals surface area (Å²) in [7, 11) is 3.10. The number of aromatic hydroxyl groups is 2. The summed E-state index contributed by atoms with van der Waals surface area (Å²) in [6, 6.07) is 19.3. The number of aryl methyl sites for hydroxylation is 1.